The van der Waals surface area contributed by atoms with Gasteiger partial charge in [0.2, 0.25) is 5.91 Å². The molecule has 0 radical (unpaired) electrons. The van der Waals surface area contributed by atoms with Crippen molar-refractivity contribution >= 4 is 12.0 Å². The van der Waals surface area contributed by atoms with Crippen molar-refractivity contribution < 1.29 is 18.7 Å². The van der Waals surface area contributed by atoms with Gasteiger partial charge >= 0.3 is 6.09 Å². The molecule has 0 saturated heterocycles. The minimum absolute atomic E-state index is 0.134. The second-order valence-electron chi connectivity index (χ2n) is 6.10. The molecule has 0 unspecified atom stereocenters. The lowest BCUT2D eigenvalue weighted by molar-refractivity contribution is -0.133. The quantitative estimate of drug-likeness (QED) is 0.857. The summed E-state index contributed by atoms with van der Waals surface area (Å²) in [6.45, 7) is 3.57. The Hall–Kier alpha value is -2.89. The molecule has 0 aliphatic rings. The molecule has 1 N–H and O–H groups in total. The van der Waals surface area contributed by atoms with Gasteiger partial charge in [-0.05, 0) is 37.1 Å². The number of ether oxygens (including phenoxy) is 1. The monoisotopic (exact) mass is 358 g/mol. The van der Waals surface area contributed by atoms with Crippen molar-refractivity contribution in [2.75, 3.05) is 7.05 Å². The number of hydrogen-bond acceptors (Lipinski definition) is 3. The average Bonchev–Trinajstić information content (AvgIpc) is 2.66. The van der Waals surface area contributed by atoms with E-state index in [0.29, 0.717) is 0 Å². The van der Waals surface area contributed by atoms with Gasteiger partial charge in [-0.15, -0.1) is 0 Å². The fourth-order valence-electron chi connectivity index (χ4n) is 2.46. The summed E-state index contributed by atoms with van der Waals surface area (Å²) >= 11 is 0. The summed E-state index contributed by atoms with van der Waals surface area (Å²) in [6, 6.07) is 14.3. The number of carbonyl (C=O) groups is 2. The zero-order valence-corrected chi connectivity index (χ0v) is 15.1. The van der Waals surface area contributed by atoms with E-state index in [9.17, 15) is 14.0 Å². The Kier molecular flexibility index (Phi) is 6.72. The lowest BCUT2D eigenvalue weighted by atomic mass is 10.1. The maximum absolute atomic E-state index is 13.0. The van der Waals surface area contributed by atoms with E-state index >= 15 is 0 Å². The number of nitrogens with zero attached hydrogens (tertiary/aromatic N) is 1. The topological polar surface area (TPSA) is 58.6 Å². The van der Waals surface area contributed by atoms with Crippen molar-refractivity contribution in [2.45, 2.75) is 32.5 Å². The normalized spacial score (nSPS) is 12.8. The highest BCUT2D eigenvalue weighted by atomic mass is 19.1. The third kappa shape index (κ3) is 5.31. The third-order valence-electron chi connectivity index (χ3n) is 4.20. The number of alkyl carbamates (subject to hydrolysis) is 1. The maximum Gasteiger partial charge on any atom is 0.408 e. The van der Waals surface area contributed by atoms with Crippen LogP contribution in [0.4, 0.5) is 9.18 Å². The zero-order valence-electron chi connectivity index (χ0n) is 15.1. The standard InChI is InChI=1S/C20H23FN2O3/c1-14(22-20(25)26-13-16-7-5-4-6-8-16)19(24)23(3)15(2)17-9-11-18(21)12-10-17/h4-12,14-15H,13H2,1-3H3,(H,22,25)/t14-,15+/m1/s1. The molecule has 2 amide bonds. The predicted molar refractivity (Wildman–Crippen MR) is 96.8 cm³/mol. The van der Waals surface area contributed by atoms with E-state index in [1.165, 1.54) is 17.0 Å². The van der Waals surface area contributed by atoms with Crippen LogP contribution in [-0.2, 0) is 16.1 Å². The van der Waals surface area contributed by atoms with Crippen LogP contribution < -0.4 is 5.32 Å². The lowest BCUT2D eigenvalue weighted by Crippen LogP contribution is -2.46. The number of halogens is 1. The van der Waals surface area contributed by atoms with E-state index in [1.807, 2.05) is 37.3 Å². The van der Waals surface area contributed by atoms with Crippen LogP contribution in [0, 0.1) is 5.82 Å². The van der Waals surface area contributed by atoms with Gasteiger partial charge in [-0.25, -0.2) is 9.18 Å². The highest BCUT2D eigenvalue weighted by Gasteiger charge is 2.24. The number of benzene rings is 2. The van der Waals surface area contributed by atoms with Gasteiger partial charge in [0, 0.05) is 7.05 Å². The van der Waals surface area contributed by atoms with Crippen LogP contribution in [0.5, 0.6) is 0 Å². The summed E-state index contributed by atoms with van der Waals surface area (Å²) in [7, 11) is 1.64. The van der Waals surface area contributed by atoms with Gasteiger partial charge in [0.15, 0.2) is 0 Å². The van der Waals surface area contributed by atoms with Crippen LogP contribution in [0.3, 0.4) is 0 Å². The molecule has 2 aromatic carbocycles. The van der Waals surface area contributed by atoms with Crippen molar-refractivity contribution in [3.63, 3.8) is 0 Å². The molecule has 0 spiro atoms. The lowest BCUT2D eigenvalue weighted by Gasteiger charge is -2.28. The Morgan fingerprint density at radius 3 is 2.31 bits per heavy atom. The Bertz CT molecular complexity index is 734. The van der Waals surface area contributed by atoms with E-state index in [-0.39, 0.29) is 24.4 Å². The van der Waals surface area contributed by atoms with Crippen molar-refractivity contribution in [3.05, 3.63) is 71.5 Å². The number of hydrogen-bond donors (Lipinski definition) is 1. The van der Waals surface area contributed by atoms with Gasteiger partial charge < -0.3 is 15.0 Å². The van der Waals surface area contributed by atoms with Gasteiger partial charge in [0.25, 0.3) is 0 Å². The number of carbonyl (C=O) groups excluding carboxylic acids is 2. The second-order valence-corrected chi connectivity index (χ2v) is 6.10. The molecule has 0 aliphatic carbocycles. The molecular formula is C20H23FN2O3. The summed E-state index contributed by atoms with van der Waals surface area (Å²) in [5.41, 5.74) is 1.67. The Morgan fingerprint density at radius 1 is 1.08 bits per heavy atom. The van der Waals surface area contributed by atoms with E-state index < -0.39 is 12.1 Å². The van der Waals surface area contributed by atoms with Crippen molar-refractivity contribution in [3.8, 4) is 0 Å². The minimum atomic E-state index is -0.744. The molecule has 2 aromatic rings. The molecule has 0 aliphatic heterocycles. The fourth-order valence-corrected chi connectivity index (χ4v) is 2.46. The molecule has 2 atom stereocenters. The number of likely N-dealkylation sites (N-methyl/N-ethyl adjacent to an activating group) is 1. The molecule has 138 valence electrons. The average molecular weight is 358 g/mol. The largest absolute Gasteiger partial charge is 0.445 e. The van der Waals surface area contributed by atoms with Crippen LogP contribution in [0.15, 0.2) is 54.6 Å². The smallest absolute Gasteiger partial charge is 0.408 e. The summed E-state index contributed by atoms with van der Waals surface area (Å²) in [6.07, 6.45) is -0.655. The van der Waals surface area contributed by atoms with Crippen molar-refractivity contribution in [1.29, 1.82) is 0 Å². The molecule has 0 aromatic heterocycles. The first-order chi connectivity index (χ1) is 12.4. The molecule has 0 heterocycles. The highest BCUT2D eigenvalue weighted by Crippen LogP contribution is 2.19. The molecule has 0 bridgehead atoms. The van der Waals surface area contributed by atoms with E-state index in [1.54, 1.807) is 26.1 Å². The first kappa shape index (κ1) is 19.4. The number of amides is 2. The Balaban J connectivity index is 1.87. The second kappa shape index (κ2) is 8.99. The molecular weight excluding hydrogens is 335 g/mol. The minimum Gasteiger partial charge on any atom is -0.445 e. The van der Waals surface area contributed by atoms with Crippen LogP contribution in [0.2, 0.25) is 0 Å². The van der Waals surface area contributed by atoms with Crippen molar-refractivity contribution in [2.24, 2.45) is 0 Å². The fraction of sp³-hybridized carbons (Fsp3) is 0.300. The van der Waals surface area contributed by atoms with Gasteiger partial charge in [0.05, 0.1) is 6.04 Å². The molecule has 2 rings (SSSR count). The summed E-state index contributed by atoms with van der Waals surface area (Å²) in [5.74, 6) is -0.593. The molecule has 0 fully saturated rings. The predicted octanol–water partition coefficient (Wildman–Crippen LogP) is 3.66. The van der Waals surface area contributed by atoms with Crippen LogP contribution >= 0.6 is 0 Å². The van der Waals surface area contributed by atoms with Gasteiger partial charge in [-0.2, -0.15) is 0 Å². The van der Waals surface area contributed by atoms with E-state index in [2.05, 4.69) is 5.32 Å². The van der Waals surface area contributed by atoms with Gasteiger partial charge in [-0.1, -0.05) is 42.5 Å². The van der Waals surface area contributed by atoms with Crippen molar-refractivity contribution in [1.82, 2.24) is 10.2 Å². The third-order valence-corrected chi connectivity index (χ3v) is 4.20. The maximum atomic E-state index is 13.0. The Morgan fingerprint density at radius 2 is 1.69 bits per heavy atom. The first-order valence-electron chi connectivity index (χ1n) is 8.38. The first-order valence-corrected chi connectivity index (χ1v) is 8.38. The zero-order chi connectivity index (χ0) is 19.1. The van der Waals surface area contributed by atoms with E-state index in [0.717, 1.165) is 11.1 Å². The summed E-state index contributed by atoms with van der Waals surface area (Å²) in [4.78, 5) is 25.9. The van der Waals surface area contributed by atoms with Gasteiger partial charge in [-0.3, -0.25) is 4.79 Å². The number of nitrogens with one attached hydrogen (secondary N) is 1. The van der Waals surface area contributed by atoms with E-state index in [4.69, 9.17) is 4.74 Å². The summed E-state index contributed by atoms with van der Waals surface area (Å²) in [5, 5.41) is 2.53. The van der Waals surface area contributed by atoms with Gasteiger partial charge in [0.1, 0.15) is 18.5 Å². The molecule has 6 heteroatoms. The Labute approximate surface area is 152 Å². The number of rotatable bonds is 6. The SMILES string of the molecule is C[C@@H](NC(=O)OCc1ccccc1)C(=O)N(C)[C@@H](C)c1ccc(F)cc1. The highest BCUT2D eigenvalue weighted by molar-refractivity contribution is 5.85. The molecule has 5 nitrogen and oxygen atoms in total. The molecule has 0 saturated carbocycles. The summed E-state index contributed by atoms with van der Waals surface area (Å²) < 4.78 is 18.2. The van der Waals surface area contributed by atoms with Crippen LogP contribution in [0.1, 0.15) is 31.0 Å². The van der Waals surface area contributed by atoms with Crippen LogP contribution in [-0.4, -0.2) is 30.0 Å². The molecule has 26 heavy (non-hydrogen) atoms. The van der Waals surface area contributed by atoms with Crippen LogP contribution in [0.25, 0.3) is 0 Å².